The third-order valence-electron chi connectivity index (χ3n) is 2.56. The Bertz CT molecular complexity index is 217. The monoisotopic (exact) mass is 343 g/mol. The van der Waals surface area contributed by atoms with Gasteiger partial charge >= 0.3 is 5.12 Å². The predicted molar refractivity (Wildman–Crippen MR) is 75.5 cm³/mol. The van der Waals surface area contributed by atoms with Gasteiger partial charge in [-0.3, -0.25) is 9.22 Å². The third-order valence-corrected chi connectivity index (χ3v) is 4.58. The van der Waals surface area contributed by atoms with Gasteiger partial charge in [0.25, 0.3) is 7.11 Å². The summed E-state index contributed by atoms with van der Waals surface area (Å²) in [4.78, 5) is 11.2. The molecule has 0 spiro atoms. The predicted octanol–water partition coefficient (Wildman–Crippen LogP) is 3.94. The van der Waals surface area contributed by atoms with E-state index in [9.17, 15) is 4.79 Å². The van der Waals surface area contributed by atoms with E-state index in [4.69, 9.17) is 4.42 Å². The van der Waals surface area contributed by atoms with E-state index in [0.717, 1.165) is 37.2 Å². The number of halogens is 1. The number of rotatable bonds is 7. The molecule has 15 heavy (non-hydrogen) atoms. The van der Waals surface area contributed by atoms with E-state index in [0.29, 0.717) is 5.78 Å². The Hall–Kier alpha value is 0.420. The molecule has 0 aliphatic carbocycles. The average Bonchev–Trinajstić information content (AvgIpc) is 2.23. The third kappa shape index (κ3) is 7.33. The van der Waals surface area contributed by atoms with Crippen molar-refractivity contribution < 1.29 is 9.22 Å². The standard InChI is InChI=1S/C11H20IO2S/c1-4-10(9(2)13)7-5-6-8-11(14-3)15-12/h10H,4-8H2,1-3H3/q+1. The zero-order valence-electron chi connectivity index (χ0n) is 9.72. The number of Topliss-reactive ketones (excluding diaryl/α,β-unsaturated/α-hetero) is 1. The van der Waals surface area contributed by atoms with Crippen LogP contribution in [-0.4, -0.2) is 18.0 Å². The van der Waals surface area contributed by atoms with Crippen LogP contribution in [0.3, 0.4) is 0 Å². The first-order valence-electron chi connectivity index (χ1n) is 5.34. The van der Waals surface area contributed by atoms with Crippen molar-refractivity contribution in [2.24, 2.45) is 5.92 Å². The van der Waals surface area contributed by atoms with Crippen LogP contribution >= 0.6 is 30.1 Å². The van der Waals surface area contributed by atoms with Gasteiger partial charge < -0.3 is 0 Å². The van der Waals surface area contributed by atoms with Crippen LogP contribution in [0, 0.1) is 5.92 Å². The second-order valence-corrected chi connectivity index (χ2v) is 5.55. The summed E-state index contributed by atoms with van der Waals surface area (Å²) >= 11 is 2.23. The van der Waals surface area contributed by atoms with Crippen LogP contribution in [0.4, 0.5) is 0 Å². The summed E-state index contributed by atoms with van der Waals surface area (Å²) in [5.74, 6) is 0.597. The highest BCUT2D eigenvalue weighted by Crippen LogP contribution is 2.19. The zero-order valence-corrected chi connectivity index (χ0v) is 12.7. The van der Waals surface area contributed by atoms with Gasteiger partial charge in [-0.15, -0.1) is 0 Å². The van der Waals surface area contributed by atoms with E-state index in [2.05, 4.69) is 28.1 Å². The summed E-state index contributed by atoms with van der Waals surface area (Å²) in [7, 11) is 3.35. The summed E-state index contributed by atoms with van der Waals surface area (Å²) in [5.41, 5.74) is 0. The van der Waals surface area contributed by atoms with Gasteiger partial charge in [0.2, 0.25) is 0 Å². The molecule has 0 aromatic rings. The van der Waals surface area contributed by atoms with Crippen molar-refractivity contribution >= 4 is 41.0 Å². The number of hydrogen-bond donors (Lipinski definition) is 0. The van der Waals surface area contributed by atoms with Crippen LogP contribution in [-0.2, 0) is 9.22 Å². The van der Waals surface area contributed by atoms with E-state index in [-0.39, 0.29) is 5.92 Å². The minimum atomic E-state index is 0.267. The van der Waals surface area contributed by atoms with Gasteiger partial charge in [0, 0.05) is 36.1 Å². The molecule has 1 unspecified atom stereocenters. The molecular formula is C11H20IO2S+. The van der Waals surface area contributed by atoms with Gasteiger partial charge in [0.1, 0.15) is 5.78 Å². The first kappa shape index (κ1) is 15.4. The van der Waals surface area contributed by atoms with Gasteiger partial charge in [0.15, 0.2) is 0 Å². The summed E-state index contributed by atoms with van der Waals surface area (Å²) in [6.07, 6.45) is 5.22. The smallest absolute Gasteiger partial charge is 0.300 e. The summed E-state index contributed by atoms with van der Waals surface area (Å²) in [5, 5.41) is 1.08. The minimum absolute atomic E-state index is 0.267. The Morgan fingerprint density at radius 2 is 2.13 bits per heavy atom. The SMILES string of the molecule is CCC(CCCCC(=[O+]C)SI)C(C)=O. The van der Waals surface area contributed by atoms with E-state index in [1.54, 1.807) is 23.0 Å². The Kier molecular flexibility index (Phi) is 9.90. The second kappa shape index (κ2) is 9.63. The first-order chi connectivity index (χ1) is 7.15. The molecule has 0 aliphatic heterocycles. The Labute approximate surface area is 109 Å². The summed E-state index contributed by atoms with van der Waals surface area (Å²) in [6.45, 7) is 3.78. The first-order valence-corrected chi connectivity index (χ1v) is 8.70. The van der Waals surface area contributed by atoms with Crippen molar-refractivity contribution in [3.05, 3.63) is 0 Å². The van der Waals surface area contributed by atoms with E-state index in [1.807, 2.05) is 0 Å². The van der Waals surface area contributed by atoms with Crippen molar-refractivity contribution in [3.8, 4) is 0 Å². The lowest BCUT2D eigenvalue weighted by molar-refractivity contribution is -0.417. The Morgan fingerprint density at radius 1 is 1.47 bits per heavy atom. The van der Waals surface area contributed by atoms with Crippen LogP contribution in [0.1, 0.15) is 46.0 Å². The molecule has 0 saturated heterocycles. The largest absolute Gasteiger partial charge is 0.363 e. The highest BCUT2D eigenvalue weighted by molar-refractivity contribution is 14.2. The number of carbonyl (C=O) groups is 1. The summed E-state index contributed by atoms with van der Waals surface area (Å²) < 4.78 is 5.19. The fourth-order valence-corrected chi connectivity index (χ4v) is 3.01. The molecule has 4 heteroatoms. The lowest BCUT2D eigenvalue weighted by atomic mass is 9.95. The molecule has 0 radical (unpaired) electrons. The molecule has 0 aliphatic rings. The van der Waals surface area contributed by atoms with Crippen LogP contribution in [0.2, 0.25) is 0 Å². The number of unbranched alkanes of at least 4 members (excludes halogenated alkanes) is 1. The van der Waals surface area contributed by atoms with E-state index < -0.39 is 0 Å². The fourth-order valence-electron chi connectivity index (χ4n) is 1.53. The maximum Gasteiger partial charge on any atom is 0.363 e. The van der Waals surface area contributed by atoms with Gasteiger partial charge in [-0.05, 0) is 26.2 Å². The van der Waals surface area contributed by atoms with E-state index in [1.165, 1.54) is 0 Å². The quantitative estimate of drug-likeness (QED) is 0.398. The molecule has 0 N–H and O–H groups in total. The Balaban J connectivity index is 3.65. The van der Waals surface area contributed by atoms with Crippen LogP contribution in [0.5, 0.6) is 0 Å². The maximum absolute atomic E-state index is 11.2. The van der Waals surface area contributed by atoms with Crippen molar-refractivity contribution in [2.75, 3.05) is 7.11 Å². The lowest BCUT2D eigenvalue weighted by Gasteiger charge is -2.09. The molecule has 0 rings (SSSR count). The molecule has 0 fully saturated rings. The van der Waals surface area contributed by atoms with Crippen LogP contribution in [0.15, 0.2) is 0 Å². The van der Waals surface area contributed by atoms with Gasteiger partial charge in [-0.2, -0.15) is 0 Å². The zero-order chi connectivity index (χ0) is 11.7. The molecule has 2 nitrogen and oxygen atoms in total. The van der Waals surface area contributed by atoms with Crippen molar-refractivity contribution in [1.29, 1.82) is 0 Å². The number of ketones is 1. The highest BCUT2D eigenvalue weighted by Gasteiger charge is 2.13. The molecule has 0 amide bonds. The van der Waals surface area contributed by atoms with Crippen molar-refractivity contribution in [3.63, 3.8) is 0 Å². The molecule has 0 bridgehead atoms. The van der Waals surface area contributed by atoms with Crippen molar-refractivity contribution in [2.45, 2.75) is 46.0 Å². The molecule has 0 saturated carbocycles. The van der Waals surface area contributed by atoms with Gasteiger partial charge in [-0.25, -0.2) is 0 Å². The molecular weight excluding hydrogens is 323 g/mol. The van der Waals surface area contributed by atoms with E-state index >= 15 is 0 Å². The summed E-state index contributed by atoms with van der Waals surface area (Å²) in [6, 6.07) is 0. The normalized spacial score (nSPS) is 14.0. The second-order valence-electron chi connectivity index (χ2n) is 3.61. The van der Waals surface area contributed by atoms with Crippen LogP contribution in [0.25, 0.3) is 0 Å². The lowest BCUT2D eigenvalue weighted by Crippen LogP contribution is -2.09. The van der Waals surface area contributed by atoms with Crippen LogP contribution < -0.4 is 0 Å². The molecule has 1 atom stereocenters. The molecule has 88 valence electrons. The van der Waals surface area contributed by atoms with Crippen molar-refractivity contribution in [1.82, 2.24) is 0 Å². The topological polar surface area (TPSA) is 28.4 Å². The number of hydrogen-bond acceptors (Lipinski definition) is 2. The highest BCUT2D eigenvalue weighted by atomic mass is 127. The fraction of sp³-hybridized carbons (Fsp3) is 0.818. The maximum atomic E-state index is 11.2. The molecule has 0 aromatic heterocycles. The molecule has 0 aromatic carbocycles. The van der Waals surface area contributed by atoms with Gasteiger partial charge in [-0.1, -0.05) is 13.3 Å². The molecule has 0 heterocycles. The van der Waals surface area contributed by atoms with Gasteiger partial charge in [0.05, 0.1) is 6.42 Å². The minimum Gasteiger partial charge on any atom is -0.300 e. The average molecular weight is 343 g/mol. The number of carbonyl (C=O) groups excluding carboxylic acids is 2. The Morgan fingerprint density at radius 3 is 2.53 bits per heavy atom.